The number of benzene rings is 3. The molecule has 6 nitrogen and oxygen atoms in total. The van der Waals surface area contributed by atoms with Crippen LogP contribution in [0.15, 0.2) is 58.1 Å². The summed E-state index contributed by atoms with van der Waals surface area (Å²) in [6, 6.07) is 13.8. The lowest BCUT2D eigenvalue weighted by atomic mass is 10.1. The average molecular weight is 551 g/mol. The zero-order chi connectivity index (χ0) is 24.0. The van der Waals surface area contributed by atoms with Crippen LogP contribution in [-0.2, 0) is 6.61 Å². The minimum Gasteiger partial charge on any atom is -0.493 e. The van der Waals surface area contributed by atoms with E-state index in [1.54, 1.807) is 36.4 Å². The quantitative estimate of drug-likeness (QED) is 0.284. The molecule has 0 saturated heterocycles. The SMILES string of the molecule is COc1cc(/C=N\NC(=O)c2ccc(C#N)cc2F)cc(Br)c1OCc1ccc(Cl)cc1Cl. The topological polar surface area (TPSA) is 83.7 Å². The molecule has 33 heavy (non-hydrogen) atoms. The van der Waals surface area contributed by atoms with E-state index in [1.807, 2.05) is 0 Å². The van der Waals surface area contributed by atoms with E-state index in [-0.39, 0.29) is 17.7 Å². The Morgan fingerprint density at radius 3 is 2.70 bits per heavy atom. The van der Waals surface area contributed by atoms with Crippen molar-refractivity contribution in [1.29, 1.82) is 5.26 Å². The Balaban J connectivity index is 1.71. The van der Waals surface area contributed by atoms with Crippen LogP contribution in [0.2, 0.25) is 10.0 Å². The second-order valence-corrected chi connectivity index (χ2v) is 8.26. The molecule has 0 aliphatic heterocycles. The van der Waals surface area contributed by atoms with Crippen molar-refractivity contribution in [2.75, 3.05) is 7.11 Å². The molecule has 3 aromatic rings. The third kappa shape index (κ3) is 6.23. The molecule has 168 valence electrons. The number of rotatable bonds is 7. The molecule has 0 saturated carbocycles. The molecular weight excluding hydrogens is 536 g/mol. The Kier molecular flexibility index (Phi) is 8.28. The summed E-state index contributed by atoms with van der Waals surface area (Å²) >= 11 is 15.5. The van der Waals surface area contributed by atoms with Crippen molar-refractivity contribution in [1.82, 2.24) is 5.43 Å². The number of nitriles is 1. The van der Waals surface area contributed by atoms with E-state index in [0.29, 0.717) is 31.6 Å². The van der Waals surface area contributed by atoms with E-state index in [4.69, 9.17) is 37.9 Å². The van der Waals surface area contributed by atoms with Gasteiger partial charge in [0, 0.05) is 15.6 Å². The molecule has 0 heterocycles. The first kappa shape index (κ1) is 24.5. The van der Waals surface area contributed by atoms with Gasteiger partial charge in [0.15, 0.2) is 11.5 Å². The van der Waals surface area contributed by atoms with Gasteiger partial charge in [-0.25, -0.2) is 9.82 Å². The molecule has 0 spiro atoms. The van der Waals surface area contributed by atoms with Crippen LogP contribution in [0, 0.1) is 17.1 Å². The van der Waals surface area contributed by atoms with Crippen LogP contribution in [0.5, 0.6) is 11.5 Å². The lowest BCUT2D eigenvalue weighted by Crippen LogP contribution is -2.19. The van der Waals surface area contributed by atoms with E-state index < -0.39 is 11.7 Å². The number of halogens is 4. The molecule has 0 radical (unpaired) electrons. The van der Waals surface area contributed by atoms with Gasteiger partial charge in [-0.1, -0.05) is 29.3 Å². The fraction of sp³-hybridized carbons (Fsp3) is 0.0870. The summed E-state index contributed by atoms with van der Waals surface area (Å²) in [5.74, 6) is -0.697. The van der Waals surface area contributed by atoms with E-state index >= 15 is 0 Å². The van der Waals surface area contributed by atoms with Crippen molar-refractivity contribution in [3.05, 3.63) is 91.1 Å². The molecule has 1 amide bonds. The number of amides is 1. The number of hydrazone groups is 1. The highest BCUT2D eigenvalue weighted by molar-refractivity contribution is 9.10. The van der Waals surface area contributed by atoms with Crippen LogP contribution in [0.25, 0.3) is 0 Å². The summed E-state index contributed by atoms with van der Waals surface area (Å²) in [5, 5.41) is 13.7. The minimum absolute atomic E-state index is 0.116. The van der Waals surface area contributed by atoms with E-state index in [0.717, 1.165) is 11.6 Å². The molecule has 10 heteroatoms. The summed E-state index contributed by atoms with van der Waals surface area (Å²) in [5.41, 5.74) is 3.47. The third-order valence-electron chi connectivity index (χ3n) is 4.36. The Labute approximate surface area is 207 Å². The zero-order valence-corrected chi connectivity index (χ0v) is 20.1. The second-order valence-electron chi connectivity index (χ2n) is 6.56. The molecule has 0 unspecified atom stereocenters. The normalized spacial score (nSPS) is 10.7. The summed E-state index contributed by atoms with van der Waals surface area (Å²) < 4.78 is 25.8. The van der Waals surface area contributed by atoms with Crippen molar-refractivity contribution >= 4 is 51.3 Å². The van der Waals surface area contributed by atoms with Gasteiger partial charge in [-0.3, -0.25) is 4.79 Å². The Bertz CT molecular complexity index is 1280. The number of carbonyl (C=O) groups excluding carboxylic acids is 1. The fourth-order valence-corrected chi connectivity index (χ4v) is 3.77. The number of nitrogens with zero attached hydrogens (tertiary/aromatic N) is 2. The zero-order valence-electron chi connectivity index (χ0n) is 17.0. The van der Waals surface area contributed by atoms with Gasteiger partial charge in [0.1, 0.15) is 12.4 Å². The van der Waals surface area contributed by atoms with Gasteiger partial charge < -0.3 is 9.47 Å². The number of hydrogen-bond acceptors (Lipinski definition) is 5. The van der Waals surface area contributed by atoms with Crippen molar-refractivity contribution in [3.63, 3.8) is 0 Å². The van der Waals surface area contributed by atoms with Crippen molar-refractivity contribution in [2.45, 2.75) is 6.61 Å². The number of nitrogens with one attached hydrogen (secondary N) is 1. The maximum Gasteiger partial charge on any atom is 0.274 e. The molecule has 0 aromatic heterocycles. The second kappa shape index (κ2) is 11.1. The lowest BCUT2D eigenvalue weighted by molar-refractivity contribution is 0.0951. The number of hydrogen-bond donors (Lipinski definition) is 1. The largest absolute Gasteiger partial charge is 0.493 e. The first-order valence-electron chi connectivity index (χ1n) is 9.29. The highest BCUT2D eigenvalue weighted by Crippen LogP contribution is 2.37. The van der Waals surface area contributed by atoms with Gasteiger partial charge in [0.25, 0.3) is 5.91 Å². The average Bonchev–Trinajstić information content (AvgIpc) is 2.78. The maximum atomic E-state index is 14.0. The van der Waals surface area contributed by atoms with Crippen molar-refractivity contribution < 1.29 is 18.7 Å². The molecule has 0 bridgehead atoms. The molecule has 0 fully saturated rings. The standard InChI is InChI=1S/C23H15BrCl2FN3O3/c1-32-21-8-14(11-29-30-23(31)17-5-2-13(10-28)7-20(17)27)6-18(24)22(21)33-12-15-3-4-16(25)9-19(15)26/h2-9,11H,12H2,1H3,(H,30,31)/b29-11-. The monoisotopic (exact) mass is 549 g/mol. The van der Waals surface area contributed by atoms with E-state index in [2.05, 4.69) is 26.5 Å². The Hall–Kier alpha value is -3.12. The molecule has 1 N–H and O–H groups in total. The number of ether oxygens (including phenoxy) is 2. The van der Waals surface area contributed by atoms with Crippen LogP contribution in [0.3, 0.4) is 0 Å². The van der Waals surface area contributed by atoms with E-state index in [1.165, 1.54) is 25.5 Å². The molecule has 0 atom stereocenters. The van der Waals surface area contributed by atoms with Gasteiger partial charge in [-0.05, 0) is 64.0 Å². The molecule has 3 rings (SSSR count). The number of methoxy groups -OCH3 is 1. The first-order valence-corrected chi connectivity index (χ1v) is 10.8. The van der Waals surface area contributed by atoms with Gasteiger partial charge >= 0.3 is 0 Å². The Morgan fingerprint density at radius 1 is 1.24 bits per heavy atom. The predicted octanol–water partition coefficient (Wildman–Crippen LogP) is 6.12. The maximum absolute atomic E-state index is 14.0. The van der Waals surface area contributed by atoms with Crippen LogP contribution in [-0.4, -0.2) is 19.2 Å². The lowest BCUT2D eigenvalue weighted by Gasteiger charge is -2.14. The molecule has 0 aliphatic carbocycles. The predicted molar refractivity (Wildman–Crippen MR) is 128 cm³/mol. The van der Waals surface area contributed by atoms with E-state index in [9.17, 15) is 9.18 Å². The fourth-order valence-electron chi connectivity index (χ4n) is 2.74. The molecule has 0 aliphatic rings. The molecule has 3 aromatic carbocycles. The van der Waals surface area contributed by atoms with Gasteiger partial charge in [0.2, 0.25) is 0 Å². The van der Waals surface area contributed by atoms with Crippen LogP contribution in [0.1, 0.15) is 27.0 Å². The van der Waals surface area contributed by atoms with Crippen LogP contribution in [0.4, 0.5) is 4.39 Å². The van der Waals surface area contributed by atoms with Crippen molar-refractivity contribution in [2.24, 2.45) is 5.10 Å². The summed E-state index contributed by atoms with van der Waals surface area (Å²) in [4.78, 5) is 12.1. The summed E-state index contributed by atoms with van der Waals surface area (Å²) in [6.45, 7) is 0.185. The van der Waals surface area contributed by atoms with Crippen molar-refractivity contribution in [3.8, 4) is 17.6 Å². The smallest absolute Gasteiger partial charge is 0.274 e. The van der Waals surface area contributed by atoms with Crippen LogP contribution >= 0.6 is 39.1 Å². The minimum atomic E-state index is -0.812. The molecular formula is C23H15BrCl2FN3O3. The van der Waals surface area contributed by atoms with Gasteiger partial charge in [-0.15, -0.1) is 0 Å². The van der Waals surface area contributed by atoms with Crippen LogP contribution < -0.4 is 14.9 Å². The summed E-state index contributed by atoms with van der Waals surface area (Å²) in [6.07, 6.45) is 1.37. The van der Waals surface area contributed by atoms with Gasteiger partial charge in [0.05, 0.1) is 35.0 Å². The van der Waals surface area contributed by atoms with Gasteiger partial charge in [-0.2, -0.15) is 10.4 Å². The highest BCUT2D eigenvalue weighted by Gasteiger charge is 2.14. The highest BCUT2D eigenvalue weighted by atomic mass is 79.9. The Morgan fingerprint density at radius 2 is 2.03 bits per heavy atom. The summed E-state index contributed by atoms with van der Waals surface area (Å²) in [7, 11) is 1.49. The first-order chi connectivity index (χ1) is 15.8. The third-order valence-corrected chi connectivity index (χ3v) is 5.54. The number of carbonyl (C=O) groups is 1.